The zero-order valence-corrected chi connectivity index (χ0v) is 15.8. The Labute approximate surface area is 156 Å². The molecule has 3 aliphatic heterocycles. The molecule has 0 spiro atoms. The molecule has 4 rings (SSSR count). The molecular weight excluding hydrogens is 362 g/mol. The summed E-state index contributed by atoms with van der Waals surface area (Å²) in [5.41, 5.74) is 0.615. The van der Waals surface area contributed by atoms with Gasteiger partial charge in [-0.15, -0.1) is 0 Å². The van der Waals surface area contributed by atoms with E-state index in [1.807, 2.05) is 0 Å². The van der Waals surface area contributed by atoms with Crippen molar-refractivity contribution in [1.82, 2.24) is 0 Å². The molecular formula is C18H22ClNO6. The highest BCUT2D eigenvalue weighted by atomic mass is 35.5. The van der Waals surface area contributed by atoms with Crippen molar-refractivity contribution in [3.63, 3.8) is 0 Å². The second-order valence-corrected chi connectivity index (χ2v) is 8.02. The number of nitrogens with one attached hydrogen (secondary N) is 1. The van der Waals surface area contributed by atoms with Gasteiger partial charge in [0.05, 0.1) is 0 Å². The highest BCUT2D eigenvalue weighted by Crippen LogP contribution is 2.44. The van der Waals surface area contributed by atoms with Crippen molar-refractivity contribution in [3.05, 3.63) is 29.3 Å². The quantitative estimate of drug-likeness (QED) is 0.846. The van der Waals surface area contributed by atoms with Crippen LogP contribution in [0.5, 0.6) is 0 Å². The first kappa shape index (κ1) is 18.2. The topological polar surface area (TPSA) is 75.3 Å². The van der Waals surface area contributed by atoms with Crippen molar-refractivity contribution in [1.29, 1.82) is 0 Å². The van der Waals surface area contributed by atoms with Gasteiger partial charge in [0.2, 0.25) is 0 Å². The summed E-state index contributed by atoms with van der Waals surface area (Å²) in [6, 6.07) is 6.84. The van der Waals surface area contributed by atoms with Crippen molar-refractivity contribution in [2.75, 3.05) is 5.32 Å². The number of fused-ring (bicyclic) bond motifs is 3. The van der Waals surface area contributed by atoms with Crippen molar-refractivity contribution in [3.8, 4) is 0 Å². The van der Waals surface area contributed by atoms with E-state index in [4.69, 9.17) is 35.3 Å². The molecule has 0 saturated carbocycles. The first-order valence-electron chi connectivity index (χ1n) is 8.57. The maximum absolute atomic E-state index is 12.9. The molecule has 3 heterocycles. The summed E-state index contributed by atoms with van der Waals surface area (Å²) in [5, 5.41) is 3.42. The number of hydrogen-bond acceptors (Lipinski definition) is 6. The lowest BCUT2D eigenvalue weighted by molar-refractivity contribution is -0.229. The highest BCUT2D eigenvalue weighted by Gasteiger charge is 2.62. The van der Waals surface area contributed by atoms with Crippen LogP contribution in [0.25, 0.3) is 0 Å². The minimum absolute atomic E-state index is 0.338. The van der Waals surface area contributed by atoms with Crippen LogP contribution in [-0.4, -0.2) is 48.2 Å². The molecule has 1 aromatic carbocycles. The number of benzene rings is 1. The number of ether oxygens (including phenoxy) is 5. The minimum Gasteiger partial charge on any atom is -0.342 e. The molecule has 0 bridgehead atoms. The maximum Gasteiger partial charge on any atom is 0.256 e. The third-order valence-electron chi connectivity index (χ3n) is 4.52. The molecule has 0 aromatic heterocycles. The van der Waals surface area contributed by atoms with E-state index in [1.165, 1.54) is 0 Å². The van der Waals surface area contributed by atoms with E-state index >= 15 is 0 Å². The Morgan fingerprint density at radius 3 is 2.19 bits per heavy atom. The van der Waals surface area contributed by atoms with Gasteiger partial charge >= 0.3 is 0 Å². The number of anilines is 1. The first-order chi connectivity index (χ1) is 12.1. The van der Waals surface area contributed by atoms with E-state index in [0.717, 1.165) is 0 Å². The zero-order valence-electron chi connectivity index (χ0n) is 15.0. The van der Waals surface area contributed by atoms with Gasteiger partial charge in [0.15, 0.2) is 24.0 Å². The molecule has 0 unspecified atom stereocenters. The van der Waals surface area contributed by atoms with Gasteiger partial charge in [0.1, 0.15) is 18.3 Å². The van der Waals surface area contributed by atoms with E-state index in [9.17, 15) is 4.79 Å². The molecule has 7 nitrogen and oxygen atoms in total. The van der Waals surface area contributed by atoms with E-state index in [0.29, 0.717) is 10.7 Å². The van der Waals surface area contributed by atoms with Crippen LogP contribution in [0, 0.1) is 0 Å². The minimum atomic E-state index is -0.892. The van der Waals surface area contributed by atoms with Crippen LogP contribution in [-0.2, 0) is 28.5 Å². The van der Waals surface area contributed by atoms with Gasteiger partial charge in [-0.1, -0.05) is 11.6 Å². The summed E-state index contributed by atoms with van der Waals surface area (Å²) in [4.78, 5) is 12.9. The lowest BCUT2D eigenvalue weighted by atomic mass is 9.98. The average Bonchev–Trinajstić information content (AvgIpc) is 3.02. The largest absolute Gasteiger partial charge is 0.342 e. The van der Waals surface area contributed by atoms with Gasteiger partial charge in [-0.25, -0.2) is 0 Å². The van der Waals surface area contributed by atoms with Crippen LogP contribution in [0.2, 0.25) is 5.02 Å². The Morgan fingerprint density at radius 1 is 0.923 bits per heavy atom. The SMILES string of the molecule is CC1(C)O[C@@H]2[C@@H](O1)[C@@H](C(=O)Nc1ccc(Cl)cc1)O[C@H]1OC(C)(C)O[C@@H]12. The molecule has 0 radical (unpaired) electrons. The van der Waals surface area contributed by atoms with Gasteiger partial charge in [0, 0.05) is 10.7 Å². The van der Waals surface area contributed by atoms with Gasteiger partial charge in [-0.3, -0.25) is 4.79 Å². The lowest BCUT2D eigenvalue weighted by Gasteiger charge is -2.36. The van der Waals surface area contributed by atoms with Crippen LogP contribution in [0.3, 0.4) is 0 Å². The molecule has 1 amide bonds. The lowest BCUT2D eigenvalue weighted by Crippen LogP contribution is -2.58. The van der Waals surface area contributed by atoms with Crippen LogP contribution in [0.4, 0.5) is 5.69 Å². The standard InChI is InChI=1S/C18H22ClNO6/c1-17(2)23-11-12(24-17)14-16(26-18(3,4)25-14)22-13(11)15(21)20-10-7-5-9(19)6-8-10/h5-8,11-14,16H,1-4H3,(H,20,21)/t11-,12-,13+,14-,16+/m1/s1. The van der Waals surface area contributed by atoms with E-state index < -0.39 is 42.3 Å². The normalized spacial score (nSPS) is 37.0. The number of carbonyl (C=O) groups is 1. The Bertz CT molecular complexity index is 706. The molecule has 3 fully saturated rings. The molecule has 0 aliphatic carbocycles. The molecule has 142 valence electrons. The van der Waals surface area contributed by atoms with Crippen molar-refractivity contribution < 1.29 is 28.5 Å². The molecule has 5 atom stereocenters. The smallest absolute Gasteiger partial charge is 0.256 e. The average molecular weight is 384 g/mol. The fraction of sp³-hybridized carbons (Fsp3) is 0.611. The molecule has 3 saturated heterocycles. The van der Waals surface area contributed by atoms with E-state index in [-0.39, 0.29) is 5.91 Å². The Morgan fingerprint density at radius 2 is 1.50 bits per heavy atom. The van der Waals surface area contributed by atoms with E-state index in [2.05, 4.69) is 5.32 Å². The number of carbonyl (C=O) groups excluding carboxylic acids is 1. The fourth-order valence-electron chi connectivity index (χ4n) is 3.57. The second kappa shape index (κ2) is 6.15. The fourth-order valence-corrected chi connectivity index (χ4v) is 3.70. The van der Waals surface area contributed by atoms with Crippen LogP contribution in [0.1, 0.15) is 27.7 Å². The predicted molar refractivity (Wildman–Crippen MR) is 92.6 cm³/mol. The summed E-state index contributed by atoms with van der Waals surface area (Å²) in [6.45, 7) is 7.20. The van der Waals surface area contributed by atoms with Crippen LogP contribution >= 0.6 is 11.6 Å². The third-order valence-corrected chi connectivity index (χ3v) is 4.78. The van der Waals surface area contributed by atoms with Gasteiger partial charge in [0.25, 0.3) is 5.91 Å². The maximum atomic E-state index is 12.9. The van der Waals surface area contributed by atoms with Crippen LogP contribution in [0.15, 0.2) is 24.3 Å². The number of hydrogen-bond donors (Lipinski definition) is 1. The first-order valence-corrected chi connectivity index (χ1v) is 8.95. The molecule has 26 heavy (non-hydrogen) atoms. The number of halogens is 1. The summed E-state index contributed by atoms with van der Waals surface area (Å²) < 4.78 is 29.6. The van der Waals surface area contributed by atoms with Crippen molar-refractivity contribution in [2.24, 2.45) is 0 Å². The second-order valence-electron chi connectivity index (χ2n) is 7.59. The molecule has 1 N–H and O–H groups in total. The summed E-state index contributed by atoms with van der Waals surface area (Å²) in [6.07, 6.45) is -3.13. The number of amides is 1. The molecule has 3 aliphatic rings. The van der Waals surface area contributed by atoms with Gasteiger partial charge in [-0.05, 0) is 52.0 Å². The Hall–Kier alpha value is -1.22. The monoisotopic (exact) mass is 383 g/mol. The van der Waals surface area contributed by atoms with E-state index in [1.54, 1.807) is 52.0 Å². The van der Waals surface area contributed by atoms with Gasteiger partial charge < -0.3 is 29.0 Å². The summed E-state index contributed by atoms with van der Waals surface area (Å²) in [5.74, 6) is -2.00. The van der Waals surface area contributed by atoms with Crippen LogP contribution < -0.4 is 5.32 Å². The third kappa shape index (κ3) is 3.35. The summed E-state index contributed by atoms with van der Waals surface area (Å²) in [7, 11) is 0. The van der Waals surface area contributed by atoms with Crippen molar-refractivity contribution >= 4 is 23.2 Å². The molecule has 1 aromatic rings. The highest BCUT2D eigenvalue weighted by molar-refractivity contribution is 6.30. The zero-order chi connectivity index (χ0) is 18.7. The van der Waals surface area contributed by atoms with Gasteiger partial charge in [-0.2, -0.15) is 0 Å². The number of rotatable bonds is 2. The Kier molecular flexibility index (Phi) is 4.30. The Balaban J connectivity index is 1.57. The molecule has 8 heteroatoms. The predicted octanol–water partition coefficient (Wildman–Crippen LogP) is 2.68. The van der Waals surface area contributed by atoms with Crippen molar-refractivity contribution in [2.45, 2.75) is 70.0 Å². The summed E-state index contributed by atoms with van der Waals surface area (Å²) >= 11 is 5.88.